The molecule has 1 heterocycles. The highest BCUT2D eigenvalue weighted by Gasteiger charge is 2.39. The van der Waals surface area contributed by atoms with E-state index < -0.39 is 16.7 Å². The number of carbonyl (C=O) groups is 2. The summed E-state index contributed by atoms with van der Waals surface area (Å²) in [6.45, 7) is 0.333. The third-order valence-electron chi connectivity index (χ3n) is 4.04. The second-order valence-corrected chi connectivity index (χ2v) is 7.34. The first kappa shape index (κ1) is 20.1. The van der Waals surface area contributed by atoms with E-state index in [1.165, 1.54) is 31.4 Å². The molecule has 0 spiro atoms. The van der Waals surface area contributed by atoms with Crippen LogP contribution in [0.2, 0.25) is 5.02 Å². The lowest BCUT2D eigenvalue weighted by Gasteiger charge is -2.14. The number of carbonyl (C=O) groups excluding carboxylic acids is 2. The van der Waals surface area contributed by atoms with Crippen LogP contribution in [0, 0.1) is 10.1 Å². The molecule has 0 bridgehead atoms. The number of hydrogen-bond donors (Lipinski definition) is 0. The van der Waals surface area contributed by atoms with Crippen molar-refractivity contribution in [2.45, 2.75) is 4.90 Å². The Bertz CT molecular complexity index is 957. The number of imide groups is 1. The number of halogens is 1. The minimum atomic E-state index is -0.520. The molecule has 0 saturated heterocycles. The summed E-state index contributed by atoms with van der Waals surface area (Å²) in [6, 6.07) is 12.5. The molecule has 1 aliphatic rings. The number of benzene rings is 2. The van der Waals surface area contributed by atoms with Crippen LogP contribution < -0.4 is 0 Å². The number of nitrogens with zero attached hydrogens (tertiary/aromatic N) is 2. The average Bonchev–Trinajstić information content (AvgIpc) is 2.91. The zero-order valence-electron chi connectivity index (χ0n) is 14.8. The van der Waals surface area contributed by atoms with E-state index in [2.05, 4.69) is 0 Å². The van der Waals surface area contributed by atoms with E-state index in [0.29, 0.717) is 10.6 Å². The van der Waals surface area contributed by atoms with Gasteiger partial charge in [-0.25, -0.2) is 0 Å². The quantitative estimate of drug-likeness (QED) is 0.386. The predicted molar refractivity (Wildman–Crippen MR) is 106 cm³/mol. The van der Waals surface area contributed by atoms with Gasteiger partial charge in [0.2, 0.25) is 0 Å². The van der Waals surface area contributed by atoms with Crippen molar-refractivity contribution in [1.29, 1.82) is 0 Å². The normalized spacial score (nSPS) is 14.1. The third kappa shape index (κ3) is 4.09. The highest BCUT2D eigenvalue weighted by molar-refractivity contribution is 8.04. The van der Waals surface area contributed by atoms with Crippen LogP contribution >= 0.6 is 23.4 Å². The van der Waals surface area contributed by atoms with Crippen LogP contribution in [0.25, 0.3) is 5.57 Å². The number of hydrogen-bond acceptors (Lipinski definition) is 6. The van der Waals surface area contributed by atoms with Crippen LogP contribution in [0.5, 0.6) is 0 Å². The molecule has 0 aliphatic carbocycles. The van der Waals surface area contributed by atoms with Gasteiger partial charge in [0.1, 0.15) is 0 Å². The largest absolute Gasteiger partial charge is 0.383 e. The van der Waals surface area contributed by atoms with E-state index in [1.807, 2.05) is 0 Å². The first-order chi connectivity index (χ1) is 13.4. The zero-order chi connectivity index (χ0) is 20.3. The molecule has 3 rings (SSSR count). The van der Waals surface area contributed by atoms with E-state index in [1.54, 1.807) is 24.3 Å². The van der Waals surface area contributed by atoms with Crippen LogP contribution in [0.4, 0.5) is 5.69 Å². The summed E-state index contributed by atoms with van der Waals surface area (Å²) in [4.78, 5) is 38.3. The first-order valence-electron chi connectivity index (χ1n) is 8.20. The minimum absolute atomic E-state index is 0.0933. The molecule has 2 aromatic carbocycles. The van der Waals surface area contributed by atoms with Gasteiger partial charge in [-0.1, -0.05) is 23.4 Å². The molecule has 2 amide bonds. The van der Waals surface area contributed by atoms with Crippen LogP contribution in [-0.4, -0.2) is 41.9 Å². The zero-order valence-corrected chi connectivity index (χ0v) is 16.3. The Morgan fingerprint density at radius 2 is 1.71 bits per heavy atom. The van der Waals surface area contributed by atoms with Gasteiger partial charge in [-0.2, -0.15) is 0 Å². The maximum absolute atomic E-state index is 12.9. The fourth-order valence-electron chi connectivity index (χ4n) is 2.66. The number of nitro groups is 1. The second-order valence-electron chi connectivity index (χ2n) is 5.82. The number of amides is 2. The summed E-state index contributed by atoms with van der Waals surface area (Å²) in [6.07, 6.45) is 0. The van der Waals surface area contributed by atoms with Crippen molar-refractivity contribution in [3.05, 3.63) is 74.1 Å². The van der Waals surface area contributed by atoms with E-state index in [9.17, 15) is 19.7 Å². The standard InChI is InChI=1S/C19H15ClN2O5S/c1-27-11-10-21-18(23)16(12-2-6-14(7-3-12)22(25)26)17(19(21)24)28-15-8-4-13(20)5-9-15/h2-9H,10-11H2,1H3. The molecule has 0 atom stereocenters. The van der Waals surface area contributed by atoms with E-state index in [-0.39, 0.29) is 29.3 Å². The van der Waals surface area contributed by atoms with Gasteiger partial charge in [0.05, 0.1) is 28.6 Å². The van der Waals surface area contributed by atoms with Gasteiger partial charge in [0.15, 0.2) is 0 Å². The minimum Gasteiger partial charge on any atom is -0.383 e. The van der Waals surface area contributed by atoms with Crippen LogP contribution in [-0.2, 0) is 14.3 Å². The highest BCUT2D eigenvalue weighted by atomic mass is 35.5. The van der Waals surface area contributed by atoms with Crippen molar-refractivity contribution in [2.75, 3.05) is 20.3 Å². The van der Waals surface area contributed by atoms with Crippen LogP contribution in [0.15, 0.2) is 58.3 Å². The maximum atomic E-state index is 12.9. The molecule has 9 heteroatoms. The molecule has 0 saturated carbocycles. The van der Waals surface area contributed by atoms with Crippen molar-refractivity contribution in [3.63, 3.8) is 0 Å². The van der Waals surface area contributed by atoms with Crippen molar-refractivity contribution in [2.24, 2.45) is 0 Å². The Morgan fingerprint density at radius 3 is 2.29 bits per heavy atom. The Labute approximate surface area is 170 Å². The van der Waals surface area contributed by atoms with Gasteiger partial charge in [-0.15, -0.1) is 0 Å². The average molecular weight is 419 g/mol. The lowest BCUT2D eigenvalue weighted by Crippen LogP contribution is -2.34. The smallest absolute Gasteiger partial charge is 0.269 e. The molecule has 1 aliphatic heterocycles. The molecule has 0 aromatic heterocycles. The highest BCUT2D eigenvalue weighted by Crippen LogP contribution is 2.40. The van der Waals surface area contributed by atoms with Gasteiger partial charge in [0.25, 0.3) is 17.5 Å². The Kier molecular flexibility index (Phi) is 6.13. The molecule has 0 radical (unpaired) electrons. The summed E-state index contributed by atoms with van der Waals surface area (Å²) in [5, 5.41) is 11.4. The fraction of sp³-hybridized carbons (Fsp3) is 0.158. The topological polar surface area (TPSA) is 89.8 Å². The maximum Gasteiger partial charge on any atom is 0.269 e. The van der Waals surface area contributed by atoms with Gasteiger partial charge in [-0.3, -0.25) is 24.6 Å². The van der Waals surface area contributed by atoms with Gasteiger partial charge in [0, 0.05) is 29.2 Å². The molecule has 7 nitrogen and oxygen atoms in total. The molecule has 28 heavy (non-hydrogen) atoms. The number of nitro benzene ring substituents is 1. The van der Waals surface area contributed by atoms with Crippen LogP contribution in [0.1, 0.15) is 5.56 Å². The van der Waals surface area contributed by atoms with Crippen molar-refractivity contribution in [1.82, 2.24) is 4.90 Å². The Hall–Kier alpha value is -2.68. The van der Waals surface area contributed by atoms with Gasteiger partial charge in [-0.05, 0) is 42.0 Å². The monoisotopic (exact) mass is 418 g/mol. The predicted octanol–water partition coefficient (Wildman–Crippen LogP) is 3.77. The number of ether oxygens (including phenoxy) is 1. The molecule has 0 unspecified atom stereocenters. The third-order valence-corrected chi connectivity index (χ3v) is 5.39. The number of methoxy groups -OCH3 is 1. The van der Waals surface area contributed by atoms with E-state index in [4.69, 9.17) is 16.3 Å². The van der Waals surface area contributed by atoms with Gasteiger partial charge < -0.3 is 4.74 Å². The molecular weight excluding hydrogens is 404 g/mol. The Morgan fingerprint density at radius 1 is 1.07 bits per heavy atom. The molecule has 2 aromatic rings. The second kappa shape index (κ2) is 8.55. The first-order valence-corrected chi connectivity index (χ1v) is 9.39. The number of rotatable bonds is 7. The van der Waals surface area contributed by atoms with Crippen molar-refractivity contribution < 1.29 is 19.2 Å². The molecular formula is C19H15ClN2O5S. The molecule has 144 valence electrons. The Balaban J connectivity index is 2.02. The SMILES string of the molecule is COCCN1C(=O)C(Sc2ccc(Cl)cc2)=C(c2ccc([N+](=O)[O-])cc2)C1=O. The lowest BCUT2D eigenvalue weighted by atomic mass is 10.1. The number of thioether (sulfide) groups is 1. The lowest BCUT2D eigenvalue weighted by molar-refractivity contribution is -0.384. The number of non-ortho nitro benzene ring substituents is 1. The summed E-state index contributed by atoms with van der Waals surface area (Å²) in [7, 11) is 1.49. The molecule has 0 N–H and O–H groups in total. The molecule has 0 fully saturated rings. The van der Waals surface area contributed by atoms with Crippen LogP contribution in [0.3, 0.4) is 0 Å². The summed E-state index contributed by atoms with van der Waals surface area (Å²) >= 11 is 7.06. The summed E-state index contributed by atoms with van der Waals surface area (Å²) < 4.78 is 4.99. The summed E-state index contributed by atoms with van der Waals surface area (Å²) in [5.41, 5.74) is 0.570. The summed E-state index contributed by atoms with van der Waals surface area (Å²) in [5.74, 6) is -0.872. The van der Waals surface area contributed by atoms with Gasteiger partial charge >= 0.3 is 0 Å². The van der Waals surface area contributed by atoms with Crippen molar-refractivity contribution in [3.8, 4) is 0 Å². The van der Waals surface area contributed by atoms with Crippen molar-refractivity contribution >= 4 is 46.4 Å². The van der Waals surface area contributed by atoms with E-state index in [0.717, 1.165) is 21.6 Å². The van der Waals surface area contributed by atoms with E-state index >= 15 is 0 Å². The fourth-order valence-corrected chi connectivity index (χ4v) is 3.80.